The fraction of sp³-hybridized carbons (Fsp3) is 0.273. The maximum absolute atomic E-state index is 12.1. The number of nitrogens with zero attached hydrogens (tertiary/aromatic N) is 2. The molecule has 0 atom stereocenters. The quantitative estimate of drug-likeness (QED) is 0.803. The molecule has 2 aromatic rings. The summed E-state index contributed by atoms with van der Waals surface area (Å²) in [5.74, 6) is 0.384. The Morgan fingerprint density at radius 3 is 2.88 bits per heavy atom. The molecular formula is C11H11ClN2O2. The van der Waals surface area contributed by atoms with Gasteiger partial charge in [0.1, 0.15) is 5.65 Å². The van der Waals surface area contributed by atoms with Crippen LogP contribution in [0.5, 0.6) is 5.88 Å². The zero-order valence-corrected chi connectivity index (χ0v) is 9.78. The van der Waals surface area contributed by atoms with E-state index in [0.717, 1.165) is 0 Å². The lowest BCUT2D eigenvalue weighted by atomic mass is 10.2. The Morgan fingerprint density at radius 2 is 2.25 bits per heavy atom. The number of fused-ring (bicyclic) bond motifs is 1. The molecule has 0 amide bonds. The second-order valence-corrected chi connectivity index (χ2v) is 3.77. The van der Waals surface area contributed by atoms with Crippen molar-refractivity contribution in [2.75, 3.05) is 7.11 Å². The van der Waals surface area contributed by atoms with Gasteiger partial charge in [0.2, 0.25) is 5.88 Å². The van der Waals surface area contributed by atoms with Crippen LogP contribution in [0.25, 0.3) is 5.65 Å². The van der Waals surface area contributed by atoms with Gasteiger partial charge in [-0.2, -0.15) is 4.98 Å². The smallest absolute Gasteiger partial charge is 0.264 e. The predicted octanol–water partition coefficient (Wildman–Crippen LogP) is 1.92. The number of ether oxygens (including phenoxy) is 1. The molecule has 16 heavy (non-hydrogen) atoms. The first kappa shape index (κ1) is 11.0. The topological polar surface area (TPSA) is 43.6 Å². The van der Waals surface area contributed by atoms with Gasteiger partial charge in [-0.3, -0.25) is 9.20 Å². The van der Waals surface area contributed by atoms with Gasteiger partial charge >= 0.3 is 0 Å². The Morgan fingerprint density at radius 1 is 1.50 bits per heavy atom. The fourth-order valence-corrected chi connectivity index (χ4v) is 1.76. The van der Waals surface area contributed by atoms with Crippen molar-refractivity contribution in [3.8, 4) is 5.88 Å². The summed E-state index contributed by atoms with van der Waals surface area (Å²) in [5.41, 5.74) is 0.956. The highest BCUT2D eigenvalue weighted by atomic mass is 35.5. The van der Waals surface area contributed by atoms with Crippen LogP contribution in [0, 0.1) is 0 Å². The molecule has 0 saturated carbocycles. The first-order chi connectivity index (χ1) is 7.67. The van der Waals surface area contributed by atoms with Crippen molar-refractivity contribution in [2.24, 2.45) is 0 Å². The third-order valence-corrected chi connectivity index (χ3v) is 2.61. The summed E-state index contributed by atoms with van der Waals surface area (Å²) < 4.78 is 6.53. The minimum Gasteiger partial charge on any atom is -0.481 e. The highest BCUT2D eigenvalue weighted by molar-refractivity contribution is 6.30. The van der Waals surface area contributed by atoms with Gasteiger partial charge in [-0.15, -0.1) is 0 Å². The van der Waals surface area contributed by atoms with Crippen LogP contribution in [0.4, 0.5) is 0 Å². The van der Waals surface area contributed by atoms with Gasteiger partial charge in [-0.05, 0) is 18.6 Å². The van der Waals surface area contributed by atoms with E-state index in [1.807, 2.05) is 6.92 Å². The number of hydrogen-bond acceptors (Lipinski definition) is 3. The Kier molecular flexibility index (Phi) is 2.83. The van der Waals surface area contributed by atoms with Crippen LogP contribution in [0.3, 0.4) is 0 Å². The second kappa shape index (κ2) is 4.14. The Labute approximate surface area is 97.5 Å². The van der Waals surface area contributed by atoms with E-state index >= 15 is 0 Å². The highest BCUT2D eigenvalue weighted by Crippen LogP contribution is 2.15. The molecule has 0 spiro atoms. The molecule has 84 valence electrons. The van der Waals surface area contributed by atoms with Gasteiger partial charge in [0.05, 0.1) is 17.7 Å². The molecule has 5 heteroatoms. The number of aromatic nitrogens is 2. The maximum atomic E-state index is 12.1. The molecule has 0 N–H and O–H groups in total. The zero-order valence-electron chi connectivity index (χ0n) is 9.03. The van der Waals surface area contributed by atoms with Crippen molar-refractivity contribution in [1.82, 2.24) is 9.38 Å². The monoisotopic (exact) mass is 238 g/mol. The number of pyridine rings is 1. The Balaban J connectivity index is 2.88. The average molecular weight is 239 g/mol. The van der Waals surface area contributed by atoms with E-state index in [4.69, 9.17) is 16.3 Å². The third kappa shape index (κ3) is 1.65. The summed E-state index contributed by atoms with van der Waals surface area (Å²) in [4.78, 5) is 16.3. The average Bonchev–Trinajstić information content (AvgIpc) is 2.29. The van der Waals surface area contributed by atoms with Crippen molar-refractivity contribution in [1.29, 1.82) is 0 Å². The van der Waals surface area contributed by atoms with Crippen molar-refractivity contribution >= 4 is 17.2 Å². The summed E-state index contributed by atoms with van der Waals surface area (Å²) in [5, 5.41) is 0.503. The lowest BCUT2D eigenvalue weighted by molar-refractivity contribution is 0.392. The van der Waals surface area contributed by atoms with Gasteiger partial charge in [0, 0.05) is 6.20 Å². The molecule has 0 bridgehead atoms. The molecule has 0 unspecified atom stereocenters. The summed E-state index contributed by atoms with van der Waals surface area (Å²) in [7, 11) is 1.51. The summed E-state index contributed by atoms with van der Waals surface area (Å²) in [6, 6.07) is 3.38. The van der Waals surface area contributed by atoms with E-state index in [2.05, 4.69) is 4.98 Å². The van der Waals surface area contributed by atoms with E-state index < -0.39 is 0 Å². The van der Waals surface area contributed by atoms with Gasteiger partial charge < -0.3 is 4.74 Å². The summed E-state index contributed by atoms with van der Waals surface area (Å²) in [6.45, 7) is 1.89. The number of rotatable bonds is 2. The normalized spacial score (nSPS) is 10.7. The second-order valence-electron chi connectivity index (χ2n) is 3.33. The summed E-state index contributed by atoms with van der Waals surface area (Å²) in [6.07, 6.45) is 2.13. The fourth-order valence-electron chi connectivity index (χ4n) is 1.60. The van der Waals surface area contributed by atoms with E-state index in [1.165, 1.54) is 11.5 Å². The molecule has 0 saturated heterocycles. The van der Waals surface area contributed by atoms with Crippen LogP contribution in [0.15, 0.2) is 23.1 Å². The Bertz CT molecular complexity index is 592. The van der Waals surface area contributed by atoms with Crippen LogP contribution in [-0.2, 0) is 6.42 Å². The lowest BCUT2D eigenvalue weighted by Gasteiger charge is -2.07. The van der Waals surface area contributed by atoms with Crippen molar-refractivity contribution in [3.05, 3.63) is 39.3 Å². The number of methoxy groups -OCH3 is 1. The maximum Gasteiger partial charge on any atom is 0.264 e. The van der Waals surface area contributed by atoms with Crippen LogP contribution < -0.4 is 10.3 Å². The molecule has 0 radical (unpaired) electrons. The molecular weight excluding hydrogens is 228 g/mol. The molecule has 0 aliphatic heterocycles. The molecule has 0 aliphatic carbocycles. The van der Waals surface area contributed by atoms with E-state index in [9.17, 15) is 4.79 Å². The number of hydrogen-bond donors (Lipinski definition) is 0. The lowest BCUT2D eigenvalue weighted by Crippen LogP contribution is -2.20. The molecule has 0 aromatic carbocycles. The van der Waals surface area contributed by atoms with Crippen LogP contribution in [0.2, 0.25) is 5.02 Å². The molecule has 2 aromatic heterocycles. The summed E-state index contributed by atoms with van der Waals surface area (Å²) >= 11 is 5.84. The molecule has 2 rings (SSSR count). The molecule has 4 nitrogen and oxygen atoms in total. The standard InChI is InChI=1S/C11H11ClN2O2/c1-3-8-10(16-2)13-9-5-4-7(12)6-14(9)11(8)15/h4-6H,3H2,1-2H3. The van der Waals surface area contributed by atoms with E-state index in [0.29, 0.717) is 28.5 Å². The van der Waals surface area contributed by atoms with E-state index in [1.54, 1.807) is 18.3 Å². The minimum absolute atomic E-state index is 0.133. The zero-order chi connectivity index (χ0) is 11.7. The Hall–Kier alpha value is -1.55. The van der Waals surface area contributed by atoms with Crippen molar-refractivity contribution in [2.45, 2.75) is 13.3 Å². The van der Waals surface area contributed by atoms with Gasteiger partial charge in [0.15, 0.2) is 0 Å². The molecule has 0 aliphatic rings. The van der Waals surface area contributed by atoms with Crippen LogP contribution >= 0.6 is 11.6 Å². The SMILES string of the molecule is CCc1c(OC)nc2ccc(Cl)cn2c1=O. The third-order valence-electron chi connectivity index (χ3n) is 2.39. The highest BCUT2D eigenvalue weighted by Gasteiger charge is 2.11. The number of halogens is 1. The van der Waals surface area contributed by atoms with Crippen molar-refractivity contribution in [3.63, 3.8) is 0 Å². The van der Waals surface area contributed by atoms with E-state index in [-0.39, 0.29) is 5.56 Å². The van der Waals surface area contributed by atoms with Gasteiger partial charge in [0.25, 0.3) is 5.56 Å². The van der Waals surface area contributed by atoms with Crippen LogP contribution in [0.1, 0.15) is 12.5 Å². The van der Waals surface area contributed by atoms with Crippen molar-refractivity contribution < 1.29 is 4.74 Å². The van der Waals surface area contributed by atoms with Gasteiger partial charge in [-0.1, -0.05) is 18.5 Å². The van der Waals surface area contributed by atoms with Crippen LogP contribution in [-0.4, -0.2) is 16.5 Å². The van der Waals surface area contributed by atoms with Gasteiger partial charge in [-0.25, -0.2) is 0 Å². The predicted molar refractivity (Wildman–Crippen MR) is 62.4 cm³/mol. The molecule has 0 fully saturated rings. The first-order valence-corrected chi connectivity index (χ1v) is 5.30. The molecule has 2 heterocycles. The first-order valence-electron chi connectivity index (χ1n) is 4.92. The minimum atomic E-state index is -0.133. The largest absolute Gasteiger partial charge is 0.481 e.